The zero-order chi connectivity index (χ0) is 99.1. The third kappa shape index (κ3) is 11.1. The van der Waals surface area contributed by atoms with Crippen molar-refractivity contribution in [3.63, 3.8) is 0 Å². The fourth-order valence-electron chi connectivity index (χ4n) is 19.2. The fourth-order valence-corrected chi connectivity index (χ4v) is 19.2. The zero-order valence-electron chi connectivity index (χ0n) is 85.8. The van der Waals surface area contributed by atoms with Crippen molar-refractivity contribution in [2.45, 2.75) is 26.2 Å². The number of hydrogen-bond donors (Lipinski definition) is 0. The number of aromatic nitrogens is 2. The molecule has 24 rings (SSSR count). The molecule has 0 fully saturated rings. The first-order chi connectivity index (χ1) is 69.1. The van der Waals surface area contributed by atoms with Crippen LogP contribution in [-0.2, 0) is 5.41 Å². The van der Waals surface area contributed by atoms with Crippen LogP contribution in [0, 0.1) is 17.9 Å². The number of benzene rings is 18. The van der Waals surface area contributed by atoms with Crippen molar-refractivity contribution in [2.24, 2.45) is 0 Å². The van der Waals surface area contributed by atoms with E-state index in [1.807, 2.05) is 260 Å². The molecule has 124 heavy (non-hydrogen) atoms. The van der Waals surface area contributed by atoms with E-state index in [9.17, 15) is 31.3 Å². The maximum Gasteiger partial charge on any atom is 0.256 e. The average Bonchev–Trinajstić information content (AvgIpc) is 0.704. The lowest BCUT2D eigenvalue weighted by Gasteiger charge is -2.48. The average molecular weight is 1600 g/mol. The summed E-state index contributed by atoms with van der Waals surface area (Å²) in [5.41, 5.74) is 11.0. The SMILES string of the molecule is [2H]c1c(-n2c3c([2H])c([2H])c([2H])c([2H])c3c3c([2H])c(C#N)c([2H])c([2H])c32)cc2c(c1[2H])B1c3c(cc(C(C)(C)C)cc3N2c2c(-c3ccccc3)cccc2-c2ccccc2)N(c2ccccc2-c2ccccc2)c2cc3c4c(c21)Oc1cc(-c2ccccc2)ccc1B4c1c([2H])c([2H])c(-n2c4c([2H])c([2H])c([2H])c([2H])c4c4c([2H])c([N+]#[C-])c([2H])c([2H])c42)c([2H])c1N3c1c(-c2ccccc2)cccc1-c1ccccc1. The van der Waals surface area contributed by atoms with Crippen molar-refractivity contribution in [3.8, 4) is 95.7 Å². The van der Waals surface area contributed by atoms with Gasteiger partial charge in [-0.1, -0.05) is 324 Å². The Bertz CT molecular complexity index is 9040. The topological polar surface area (TPSA) is 57.0 Å². The van der Waals surface area contributed by atoms with Crippen LogP contribution in [0.5, 0.6) is 11.5 Å². The van der Waals surface area contributed by atoms with E-state index in [1.165, 1.54) is 4.57 Å². The zero-order valence-corrected chi connectivity index (χ0v) is 66.8. The molecule has 2 aromatic heterocycles. The first-order valence-corrected chi connectivity index (χ1v) is 41.0. The lowest BCUT2D eigenvalue weighted by molar-refractivity contribution is 0.491. The number of ether oxygens (including phenoxy) is 1. The van der Waals surface area contributed by atoms with Gasteiger partial charge in [-0.3, -0.25) is 0 Å². The van der Waals surface area contributed by atoms with Gasteiger partial charge in [0.15, 0.2) is 5.69 Å². The highest BCUT2D eigenvalue weighted by molar-refractivity contribution is 7.03. The minimum atomic E-state index is -1.32. The minimum Gasteiger partial charge on any atom is -0.459 e. The Labute approximate surface area is 747 Å². The van der Waals surface area contributed by atoms with E-state index >= 15 is 0 Å². The second-order valence-electron chi connectivity index (χ2n) is 32.4. The molecule has 0 unspecified atom stereocenters. The maximum atomic E-state index is 11.9. The smallest absolute Gasteiger partial charge is 0.256 e. The standard InChI is InChI=1S/C114H75B2N7O/c1-114(2,3)80-65-103-108-104(66-80)122(111-85(75-35-15-7-16-36-75)46-29-47-86(111)76-37-17-8-18-38-76)102-69-83(119-97-51-27-24-44-89(97)91-63-72(71-117)53-61-99(91)119)57-60-94(102)116(108)110-105(121(103)96-50-26-23-43-84(96)74-33-13-6-14-34-74)70-106-109-113(110)124-107-64-79(73-31-11-5-12-32-73)54-58-95(107)115(109)93-59-56-82(120-98-52-28-25-45-90(98)92-67-81(118-4)55-62-100(92)120)68-101(93)123(106)112-87(77-39-19-9-20-40-77)48-30-49-88(112)78-41-21-10-22-42-78/h5-70H,1-3H3/i24D,25D,27D,28D,44D,45D,51D,52D,53D,55D,56D,57D,59D,60D,61D,62D,63D,67D,68D. The van der Waals surface area contributed by atoms with Crippen molar-refractivity contribution < 1.29 is 30.8 Å². The van der Waals surface area contributed by atoms with Crippen molar-refractivity contribution in [3.05, 3.63) is 422 Å². The molecule has 0 saturated heterocycles. The third-order valence-electron chi connectivity index (χ3n) is 24.6. The van der Waals surface area contributed by atoms with Crippen LogP contribution < -0.4 is 52.2 Å². The Morgan fingerprint density at radius 3 is 1.36 bits per heavy atom. The predicted molar refractivity (Wildman–Crippen MR) is 517 cm³/mol. The van der Waals surface area contributed by atoms with Gasteiger partial charge in [-0.2, -0.15) is 5.26 Å². The molecule has 0 saturated carbocycles. The Kier molecular flexibility index (Phi) is 12.5. The lowest BCUT2D eigenvalue weighted by Crippen LogP contribution is -2.65. The van der Waals surface area contributed by atoms with Crippen LogP contribution in [0.2, 0.25) is 0 Å². The van der Waals surface area contributed by atoms with Gasteiger partial charge in [0.05, 0.1) is 80.6 Å². The highest BCUT2D eigenvalue weighted by atomic mass is 16.5. The van der Waals surface area contributed by atoms with Gasteiger partial charge in [0, 0.05) is 92.2 Å². The van der Waals surface area contributed by atoms with Gasteiger partial charge in [-0.05, 0) is 185 Å². The molecule has 4 aliphatic heterocycles. The van der Waals surface area contributed by atoms with Crippen molar-refractivity contribution in [2.75, 3.05) is 14.7 Å². The highest BCUT2D eigenvalue weighted by Gasteiger charge is 2.52. The molecule has 0 aliphatic carbocycles. The van der Waals surface area contributed by atoms with Crippen molar-refractivity contribution in [1.82, 2.24) is 9.13 Å². The van der Waals surface area contributed by atoms with E-state index in [0.29, 0.717) is 101 Å². The van der Waals surface area contributed by atoms with Crippen LogP contribution in [0.3, 0.4) is 0 Å². The molecule has 10 heteroatoms. The Balaban J connectivity index is 0.939. The first-order valence-electron chi connectivity index (χ1n) is 50.5. The quantitative estimate of drug-likeness (QED) is 0.0954. The number of nitriles is 1. The summed E-state index contributed by atoms with van der Waals surface area (Å²) in [6.45, 7) is 12.1. The van der Waals surface area contributed by atoms with Crippen molar-refractivity contribution >= 4 is 147 Å². The normalized spacial score (nSPS) is 14.9. The van der Waals surface area contributed by atoms with Crippen LogP contribution in [0.4, 0.5) is 56.9 Å². The summed E-state index contributed by atoms with van der Waals surface area (Å²) in [4.78, 5) is 9.86. The molecule has 20 aromatic rings. The van der Waals surface area contributed by atoms with E-state index in [-0.39, 0.29) is 83.1 Å². The van der Waals surface area contributed by atoms with Gasteiger partial charge in [-0.25, -0.2) is 4.85 Å². The molecule has 0 radical (unpaired) electrons. The summed E-state index contributed by atoms with van der Waals surface area (Å²) in [5, 5.41) is 9.71. The predicted octanol–water partition coefficient (Wildman–Crippen LogP) is 26.1. The molecular formula is C114H75B2N7O. The first kappa shape index (κ1) is 54.9. The monoisotopic (exact) mass is 1600 g/mol. The Hall–Kier alpha value is -16.1. The Morgan fingerprint density at radius 1 is 0.347 bits per heavy atom. The molecule has 0 amide bonds. The molecule has 0 spiro atoms. The number of para-hydroxylation sites is 5. The summed E-state index contributed by atoms with van der Waals surface area (Å²) in [5.74, 6) is 0.413. The number of fused-ring (bicyclic) bond motifs is 15. The molecule has 0 atom stereocenters. The van der Waals surface area contributed by atoms with Crippen LogP contribution in [-0.4, -0.2) is 22.6 Å². The molecule has 0 bridgehead atoms. The van der Waals surface area contributed by atoms with Gasteiger partial charge in [0.2, 0.25) is 0 Å². The summed E-state index contributed by atoms with van der Waals surface area (Å²) in [7, 11) is 0. The van der Waals surface area contributed by atoms with Gasteiger partial charge in [0.25, 0.3) is 13.4 Å². The van der Waals surface area contributed by atoms with Crippen LogP contribution >= 0.6 is 0 Å². The maximum absolute atomic E-state index is 11.9. The largest absolute Gasteiger partial charge is 0.459 e. The van der Waals surface area contributed by atoms with E-state index in [4.69, 9.17) is 11.3 Å². The number of nitrogens with zero attached hydrogens (tertiary/aromatic N) is 7. The van der Waals surface area contributed by atoms with E-state index in [2.05, 4.69) is 65.7 Å². The van der Waals surface area contributed by atoms with Crippen LogP contribution in [0.25, 0.3) is 127 Å². The van der Waals surface area contributed by atoms with Crippen molar-refractivity contribution in [1.29, 1.82) is 5.26 Å². The molecule has 8 nitrogen and oxygen atoms in total. The molecular weight excluding hydrogens is 1500 g/mol. The van der Waals surface area contributed by atoms with Gasteiger partial charge in [0.1, 0.15) is 11.5 Å². The summed E-state index contributed by atoms with van der Waals surface area (Å²) in [6.07, 6.45) is 0. The van der Waals surface area contributed by atoms with Gasteiger partial charge in [-0.15, -0.1) is 0 Å². The second-order valence-corrected chi connectivity index (χ2v) is 32.4. The third-order valence-corrected chi connectivity index (χ3v) is 24.6. The number of rotatable bonds is 11. The lowest BCUT2D eigenvalue weighted by atomic mass is 9.30. The second kappa shape index (κ2) is 28.3. The summed E-state index contributed by atoms with van der Waals surface area (Å²) >= 11 is 0. The number of anilines is 9. The molecule has 4 aliphatic rings. The van der Waals surface area contributed by atoms with E-state index in [0.717, 1.165) is 37.9 Å². The summed E-state index contributed by atoms with van der Waals surface area (Å²) < 4.78 is 205. The van der Waals surface area contributed by atoms with E-state index in [1.54, 1.807) is 6.07 Å². The molecule has 6 heterocycles. The molecule has 18 aromatic carbocycles. The highest BCUT2D eigenvalue weighted by Crippen LogP contribution is 2.57. The molecule has 578 valence electrons. The fraction of sp³-hybridized carbons (Fsp3) is 0.0351. The van der Waals surface area contributed by atoms with Crippen LogP contribution in [0.15, 0.2) is 400 Å². The minimum absolute atomic E-state index is 0.0264. The van der Waals surface area contributed by atoms with E-state index < -0.39 is 151 Å². The molecule has 0 N–H and O–H groups in total. The van der Waals surface area contributed by atoms with Crippen LogP contribution in [0.1, 0.15) is 57.9 Å². The summed E-state index contributed by atoms with van der Waals surface area (Å²) in [6, 6.07) is 82.4. The number of hydrogen-bond acceptors (Lipinski definition) is 5. The van der Waals surface area contributed by atoms with Gasteiger partial charge >= 0.3 is 0 Å². The Morgan fingerprint density at radius 2 is 0.798 bits per heavy atom. The van der Waals surface area contributed by atoms with Gasteiger partial charge < -0.3 is 28.6 Å².